The summed E-state index contributed by atoms with van der Waals surface area (Å²) in [5, 5.41) is 29.5. The van der Waals surface area contributed by atoms with Crippen molar-refractivity contribution >= 4 is 0 Å². The molecule has 0 aliphatic rings. The van der Waals surface area contributed by atoms with Crippen LogP contribution in [0, 0.1) is 5.92 Å². The first kappa shape index (κ1) is 22.2. The van der Waals surface area contributed by atoms with Gasteiger partial charge in [0, 0.05) is 12.8 Å². The van der Waals surface area contributed by atoms with E-state index < -0.39 is 12.2 Å². The van der Waals surface area contributed by atoms with Crippen LogP contribution in [0.2, 0.25) is 0 Å². The maximum Gasteiger partial charge on any atom is 0.133 e. The summed E-state index contributed by atoms with van der Waals surface area (Å²) in [4.78, 5) is 0. The number of benzene rings is 1. The molecule has 0 spiro atoms. The molecule has 0 saturated carbocycles. The Morgan fingerprint density at radius 3 is 2.54 bits per heavy atom. The third-order valence-electron chi connectivity index (χ3n) is 4.37. The van der Waals surface area contributed by atoms with Gasteiger partial charge in [0.2, 0.25) is 0 Å². The lowest BCUT2D eigenvalue weighted by Gasteiger charge is -2.15. The van der Waals surface area contributed by atoms with Crippen molar-refractivity contribution in [3.8, 4) is 0 Å². The number of aliphatic hydroxyl groups is 3. The molecule has 2 atom stereocenters. The molecule has 0 unspecified atom stereocenters. The minimum absolute atomic E-state index is 0.190. The summed E-state index contributed by atoms with van der Waals surface area (Å²) in [6.07, 6.45) is 1.17. The van der Waals surface area contributed by atoms with Gasteiger partial charge in [-0.25, -0.2) is 0 Å². The summed E-state index contributed by atoms with van der Waals surface area (Å²) in [5.74, 6) is 1.07. The van der Waals surface area contributed by atoms with E-state index in [2.05, 4.69) is 5.73 Å². The Morgan fingerprint density at radius 2 is 1.89 bits per heavy atom. The topological polar surface area (TPSA) is 83.1 Å². The van der Waals surface area contributed by atoms with Crippen molar-refractivity contribution in [2.75, 3.05) is 6.61 Å². The Morgan fingerprint density at radius 1 is 1.14 bits per heavy atom. The minimum atomic E-state index is -0.791. The van der Waals surface area contributed by atoms with Crippen LogP contribution in [0.1, 0.15) is 49.9 Å². The van der Waals surface area contributed by atoms with Gasteiger partial charge in [-0.05, 0) is 35.3 Å². The number of hydrogen-bond donors (Lipinski definition) is 3. The summed E-state index contributed by atoms with van der Waals surface area (Å²) in [5.41, 5.74) is 5.25. The molecule has 1 heterocycles. The van der Waals surface area contributed by atoms with Crippen LogP contribution in [-0.2, 0) is 18.0 Å². The molecule has 2 aromatic rings. The maximum atomic E-state index is 10.3. The van der Waals surface area contributed by atoms with Crippen LogP contribution in [0.3, 0.4) is 0 Å². The summed E-state index contributed by atoms with van der Waals surface area (Å²) < 4.78 is 10.9. The van der Waals surface area contributed by atoms with E-state index >= 15 is 0 Å². The van der Waals surface area contributed by atoms with Crippen molar-refractivity contribution in [3.63, 3.8) is 0 Å². The van der Waals surface area contributed by atoms with Crippen LogP contribution in [0.15, 0.2) is 64.3 Å². The van der Waals surface area contributed by atoms with Crippen LogP contribution in [0.5, 0.6) is 0 Å². The van der Waals surface area contributed by atoms with Gasteiger partial charge in [0.15, 0.2) is 0 Å². The molecule has 28 heavy (non-hydrogen) atoms. The van der Waals surface area contributed by atoms with Gasteiger partial charge in [-0.15, -0.1) is 5.73 Å². The van der Waals surface area contributed by atoms with Gasteiger partial charge in [-0.3, -0.25) is 0 Å². The van der Waals surface area contributed by atoms with Gasteiger partial charge in [-0.2, -0.15) is 0 Å². The molecule has 0 fully saturated rings. The van der Waals surface area contributed by atoms with Gasteiger partial charge < -0.3 is 24.5 Å². The largest absolute Gasteiger partial charge is 0.461 e. The second-order valence-corrected chi connectivity index (χ2v) is 7.10. The van der Waals surface area contributed by atoms with E-state index in [-0.39, 0.29) is 19.1 Å². The molecule has 0 radical (unpaired) electrons. The molecule has 2 rings (SSSR count). The van der Waals surface area contributed by atoms with Crippen LogP contribution in [0.4, 0.5) is 0 Å². The van der Waals surface area contributed by atoms with Crippen molar-refractivity contribution in [2.45, 2.75) is 52.1 Å². The lowest BCUT2D eigenvalue weighted by Crippen LogP contribution is -2.17. The molecule has 0 aliphatic carbocycles. The fourth-order valence-electron chi connectivity index (χ4n) is 2.74. The van der Waals surface area contributed by atoms with Crippen molar-refractivity contribution in [3.05, 3.63) is 76.9 Å². The highest BCUT2D eigenvalue weighted by molar-refractivity contribution is 5.13. The highest BCUT2D eigenvalue weighted by atomic mass is 16.5. The lowest BCUT2D eigenvalue weighted by molar-refractivity contribution is 0.0280. The molecule has 5 nitrogen and oxygen atoms in total. The van der Waals surface area contributed by atoms with E-state index in [0.29, 0.717) is 31.0 Å². The van der Waals surface area contributed by atoms with Crippen molar-refractivity contribution in [1.29, 1.82) is 0 Å². The molecule has 1 aromatic carbocycles. The van der Waals surface area contributed by atoms with Gasteiger partial charge >= 0.3 is 0 Å². The highest BCUT2D eigenvalue weighted by Gasteiger charge is 2.12. The molecule has 1 aromatic heterocycles. The van der Waals surface area contributed by atoms with Crippen LogP contribution < -0.4 is 0 Å². The second kappa shape index (κ2) is 11.6. The van der Waals surface area contributed by atoms with Crippen molar-refractivity contribution in [2.24, 2.45) is 5.92 Å². The molecule has 3 N–H and O–H groups in total. The first-order valence-electron chi connectivity index (χ1n) is 9.60. The zero-order valence-corrected chi connectivity index (χ0v) is 16.5. The minimum Gasteiger partial charge on any atom is -0.461 e. The first-order valence-corrected chi connectivity index (χ1v) is 9.60. The van der Waals surface area contributed by atoms with E-state index in [4.69, 9.17) is 14.3 Å². The molecular weight excluding hydrogens is 356 g/mol. The highest BCUT2D eigenvalue weighted by Crippen LogP contribution is 2.21. The van der Waals surface area contributed by atoms with E-state index in [9.17, 15) is 10.2 Å². The monoisotopic (exact) mass is 386 g/mol. The Kier molecular flexibility index (Phi) is 9.21. The third-order valence-corrected chi connectivity index (χ3v) is 4.37. The van der Waals surface area contributed by atoms with Crippen molar-refractivity contribution < 1.29 is 24.5 Å². The molecule has 5 heteroatoms. The standard InChI is InChI=1S/C23H30O5/c1-17(2)19(9-6-10-22(26)23-12-11-21(14-24)28-23)13-20(25)16-27-15-18-7-4-3-5-8-18/h3-8,11-12,17,20,22,24-26H,10,13-16H2,1-2H3/t9?,20-,22-/m1/s1. The summed E-state index contributed by atoms with van der Waals surface area (Å²) in [6.45, 7) is 4.63. The fraction of sp³-hybridized carbons (Fsp3) is 0.435. The second-order valence-electron chi connectivity index (χ2n) is 7.10. The van der Waals surface area contributed by atoms with Crippen LogP contribution >= 0.6 is 0 Å². The summed E-state index contributed by atoms with van der Waals surface area (Å²) >= 11 is 0. The Hall–Kier alpha value is -2.14. The zero-order valence-electron chi connectivity index (χ0n) is 16.5. The number of ether oxygens (including phenoxy) is 1. The summed E-state index contributed by atoms with van der Waals surface area (Å²) in [6, 6.07) is 13.2. The normalized spacial score (nSPS) is 13.2. The van der Waals surface area contributed by atoms with Gasteiger partial charge in [0.1, 0.15) is 24.2 Å². The van der Waals surface area contributed by atoms with E-state index in [0.717, 1.165) is 11.1 Å². The zero-order chi connectivity index (χ0) is 20.4. The van der Waals surface area contributed by atoms with E-state index in [1.165, 1.54) is 0 Å². The average Bonchev–Trinajstić information content (AvgIpc) is 3.17. The fourth-order valence-corrected chi connectivity index (χ4v) is 2.74. The predicted molar refractivity (Wildman–Crippen MR) is 107 cm³/mol. The average molecular weight is 386 g/mol. The first-order chi connectivity index (χ1) is 13.5. The molecule has 0 bridgehead atoms. The predicted octanol–water partition coefficient (Wildman–Crippen LogP) is 3.90. The van der Waals surface area contributed by atoms with Crippen LogP contribution in [-0.4, -0.2) is 28.0 Å². The van der Waals surface area contributed by atoms with E-state index in [1.807, 2.05) is 44.2 Å². The number of aliphatic hydroxyl groups excluding tert-OH is 3. The molecule has 0 amide bonds. The van der Waals surface area contributed by atoms with Gasteiger partial charge in [-0.1, -0.05) is 44.2 Å². The Bertz CT molecular complexity index is 756. The SMILES string of the molecule is CC(C)C(=C=CC[C@@H](O)c1ccc(CO)o1)C[C@@H](O)COCc1ccccc1. The quantitative estimate of drug-likeness (QED) is 0.510. The Labute approximate surface area is 166 Å². The van der Waals surface area contributed by atoms with E-state index in [1.54, 1.807) is 18.2 Å². The van der Waals surface area contributed by atoms with Gasteiger partial charge in [0.05, 0.1) is 19.3 Å². The molecule has 152 valence electrons. The lowest BCUT2D eigenvalue weighted by atomic mass is 9.98. The maximum absolute atomic E-state index is 10.3. The number of rotatable bonds is 11. The number of furan rings is 1. The Balaban J connectivity index is 1.85. The van der Waals surface area contributed by atoms with Crippen LogP contribution in [0.25, 0.3) is 0 Å². The molecular formula is C23H30O5. The third kappa shape index (κ3) is 7.47. The van der Waals surface area contributed by atoms with Crippen molar-refractivity contribution in [1.82, 2.24) is 0 Å². The smallest absolute Gasteiger partial charge is 0.133 e. The molecule has 0 aliphatic heterocycles. The summed E-state index contributed by atoms with van der Waals surface area (Å²) in [7, 11) is 0. The van der Waals surface area contributed by atoms with Gasteiger partial charge in [0.25, 0.3) is 0 Å². The molecule has 0 saturated heterocycles. The number of hydrogen-bond acceptors (Lipinski definition) is 5.